The molecule has 2 fully saturated rings. The summed E-state index contributed by atoms with van der Waals surface area (Å²) in [6.45, 7) is 7.21. The first-order valence-corrected chi connectivity index (χ1v) is 9.73. The van der Waals surface area contributed by atoms with Crippen molar-refractivity contribution in [2.24, 2.45) is 0 Å². The molecule has 3 rings (SSSR count). The van der Waals surface area contributed by atoms with Crippen molar-refractivity contribution in [1.29, 1.82) is 0 Å². The van der Waals surface area contributed by atoms with E-state index in [9.17, 15) is 22.8 Å². The molecule has 0 saturated carbocycles. The van der Waals surface area contributed by atoms with E-state index in [1.807, 2.05) is 0 Å². The highest BCUT2D eigenvalue weighted by Crippen LogP contribution is 2.38. The monoisotopic (exact) mass is 417 g/mol. The van der Waals surface area contributed by atoms with E-state index >= 15 is 0 Å². The fourth-order valence-electron chi connectivity index (χ4n) is 3.30. The van der Waals surface area contributed by atoms with Gasteiger partial charge in [0.05, 0.1) is 18.9 Å². The number of nitrogens with zero attached hydrogens (tertiary/aromatic N) is 3. The molecule has 1 aromatic carbocycles. The van der Waals surface area contributed by atoms with Gasteiger partial charge in [0.2, 0.25) is 0 Å². The Labute approximate surface area is 165 Å². The van der Waals surface area contributed by atoms with Crippen LogP contribution in [-0.4, -0.2) is 72.2 Å². The first kappa shape index (κ1) is 20.9. The summed E-state index contributed by atoms with van der Waals surface area (Å²) in [5.74, 6) is -0.393. The van der Waals surface area contributed by atoms with Gasteiger partial charge in [0, 0.05) is 31.1 Å². The van der Waals surface area contributed by atoms with Gasteiger partial charge < -0.3 is 9.64 Å². The van der Waals surface area contributed by atoms with Gasteiger partial charge >= 0.3 is 11.5 Å². The standard InChI is InChI=1S/C18H22F3N3O3S/c1-17(2)15(25)24(13-3-5-14(6-4-13)28-18(19,20)21)16(26)23(17)8-7-22-9-11-27-12-10-22/h3-6H,7-12H2,1-2H3. The zero-order valence-corrected chi connectivity index (χ0v) is 16.5. The van der Waals surface area contributed by atoms with E-state index in [0.717, 1.165) is 18.0 Å². The van der Waals surface area contributed by atoms with Crippen molar-refractivity contribution in [1.82, 2.24) is 9.80 Å². The van der Waals surface area contributed by atoms with E-state index in [1.54, 1.807) is 13.8 Å². The largest absolute Gasteiger partial charge is 0.446 e. The Bertz CT molecular complexity index is 734. The number of morpholine rings is 1. The van der Waals surface area contributed by atoms with Crippen molar-refractivity contribution in [2.45, 2.75) is 29.8 Å². The number of rotatable bonds is 5. The van der Waals surface area contributed by atoms with E-state index < -0.39 is 23.0 Å². The van der Waals surface area contributed by atoms with Crippen molar-refractivity contribution in [3.63, 3.8) is 0 Å². The van der Waals surface area contributed by atoms with Gasteiger partial charge in [-0.05, 0) is 49.9 Å². The minimum Gasteiger partial charge on any atom is -0.379 e. The van der Waals surface area contributed by atoms with Gasteiger partial charge in [-0.3, -0.25) is 9.69 Å². The van der Waals surface area contributed by atoms with Crippen LogP contribution in [0.4, 0.5) is 23.7 Å². The number of alkyl halides is 3. The van der Waals surface area contributed by atoms with Crippen LogP contribution in [0, 0.1) is 0 Å². The zero-order chi connectivity index (χ0) is 20.5. The molecular formula is C18H22F3N3O3S. The van der Waals surface area contributed by atoms with Crippen LogP contribution >= 0.6 is 11.8 Å². The smallest absolute Gasteiger partial charge is 0.379 e. The third-order valence-electron chi connectivity index (χ3n) is 4.90. The number of imide groups is 1. The number of hydrogen-bond acceptors (Lipinski definition) is 5. The van der Waals surface area contributed by atoms with Crippen LogP contribution in [0.5, 0.6) is 0 Å². The number of carbonyl (C=O) groups excluding carboxylic acids is 2. The maximum atomic E-state index is 12.9. The fourth-order valence-corrected chi connectivity index (χ4v) is 3.84. The molecule has 0 radical (unpaired) electrons. The van der Waals surface area contributed by atoms with Crippen LogP contribution in [0.15, 0.2) is 29.2 Å². The minimum atomic E-state index is -4.39. The molecule has 154 valence electrons. The lowest BCUT2D eigenvalue weighted by Gasteiger charge is -2.32. The van der Waals surface area contributed by atoms with Gasteiger partial charge in [-0.15, -0.1) is 0 Å². The second-order valence-corrected chi connectivity index (χ2v) is 8.27. The van der Waals surface area contributed by atoms with Crippen LogP contribution in [-0.2, 0) is 9.53 Å². The van der Waals surface area contributed by atoms with Crippen LogP contribution < -0.4 is 4.90 Å². The van der Waals surface area contributed by atoms with Gasteiger partial charge in [0.25, 0.3) is 5.91 Å². The first-order chi connectivity index (χ1) is 13.1. The van der Waals surface area contributed by atoms with Crippen molar-refractivity contribution in [3.8, 4) is 0 Å². The number of urea groups is 1. The Hall–Kier alpha value is -1.78. The molecule has 2 heterocycles. The molecule has 0 aromatic heterocycles. The second-order valence-electron chi connectivity index (χ2n) is 7.13. The van der Waals surface area contributed by atoms with E-state index in [4.69, 9.17) is 4.74 Å². The maximum absolute atomic E-state index is 12.9. The van der Waals surface area contributed by atoms with E-state index in [2.05, 4.69) is 4.90 Å². The SMILES string of the molecule is CC1(C)C(=O)N(c2ccc(SC(F)(F)F)cc2)C(=O)N1CCN1CCOCC1. The van der Waals surface area contributed by atoms with E-state index in [0.29, 0.717) is 26.3 Å². The normalized spacial score (nSPS) is 20.9. The number of anilines is 1. The molecule has 6 nitrogen and oxygen atoms in total. The quantitative estimate of drug-likeness (QED) is 0.544. The molecule has 0 bridgehead atoms. The summed E-state index contributed by atoms with van der Waals surface area (Å²) in [6, 6.07) is 4.80. The number of thioether (sulfide) groups is 1. The number of amides is 3. The predicted molar refractivity (Wildman–Crippen MR) is 99.3 cm³/mol. The molecular weight excluding hydrogens is 395 g/mol. The van der Waals surface area contributed by atoms with Crippen LogP contribution in [0.3, 0.4) is 0 Å². The molecule has 0 N–H and O–H groups in total. The van der Waals surface area contributed by atoms with Crippen molar-refractivity contribution in [3.05, 3.63) is 24.3 Å². The Morgan fingerprint density at radius 1 is 1.07 bits per heavy atom. The second kappa shape index (κ2) is 7.92. The maximum Gasteiger partial charge on any atom is 0.446 e. The Balaban J connectivity index is 1.73. The van der Waals surface area contributed by atoms with Crippen molar-refractivity contribution >= 4 is 29.4 Å². The van der Waals surface area contributed by atoms with E-state index in [1.165, 1.54) is 29.2 Å². The highest BCUT2D eigenvalue weighted by Gasteiger charge is 2.51. The number of hydrogen-bond donors (Lipinski definition) is 0. The van der Waals surface area contributed by atoms with Gasteiger partial charge in [0.1, 0.15) is 5.54 Å². The highest BCUT2D eigenvalue weighted by molar-refractivity contribution is 8.00. The van der Waals surface area contributed by atoms with E-state index in [-0.39, 0.29) is 22.3 Å². The van der Waals surface area contributed by atoms with Gasteiger partial charge in [-0.1, -0.05) is 0 Å². The molecule has 10 heteroatoms. The van der Waals surface area contributed by atoms with Gasteiger partial charge in [-0.25, -0.2) is 9.69 Å². The molecule has 2 saturated heterocycles. The topological polar surface area (TPSA) is 53.1 Å². The Kier molecular flexibility index (Phi) is 5.92. The summed E-state index contributed by atoms with van der Waals surface area (Å²) >= 11 is -0.237. The first-order valence-electron chi connectivity index (χ1n) is 8.92. The molecule has 0 aliphatic carbocycles. The Morgan fingerprint density at radius 3 is 2.25 bits per heavy atom. The molecule has 28 heavy (non-hydrogen) atoms. The third-order valence-corrected chi connectivity index (χ3v) is 5.63. The summed E-state index contributed by atoms with van der Waals surface area (Å²) in [4.78, 5) is 30.5. The summed E-state index contributed by atoms with van der Waals surface area (Å²) < 4.78 is 42.8. The zero-order valence-electron chi connectivity index (χ0n) is 15.7. The Morgan fingerprint density at radius 2 is 1.68 bits per heavy atom. The molecule has 0 unspecified atom stereocenters. The lowest BCUT2D eigenvalue weighted by Crippen LogP contribution is -2.48. The number of benzene rings is 1. The number of ether oxygens (including phenoxy) is 1. The van der Waals surface area contributed by atoms with Crippen molar-refractivity contribution < 1.29 is 27.5 Å². The average molecular weight is 417 g/mol. The predicted octanol–water partition coefficient (Wildman–Crippen LogP) is 3.18. The van der Waals surface area contributed by atoms with Gasteiger partial charge in [-0.2, -0.15) is 13.2 Å². The lowest BCUT2D eigenvalue weighted by molar-refractivity contribution is -0.123. The fraction of sp³-hybridized carbons (Fsp3) is 0.556. The summed E-state index contributed by atoms with van der Waals surface area (Å²) in [5.41, 5.74) is -5.15. The van der Waals surface area contributed by atoms with Crippen LogP contribution in [0.2, 0.25) is 0 Å². The molecule has 1 aromatic rings. The molecule has 2 aliphatic rings. The summed E-state index contributed by atoms with van der Waals surface area (Å²) in [5, 5.41) is 0. The minimum absolute atomic E-state index is 0.00113. The molecule has 0 spiro atoms. The van der Waals surface area contributed by atoms with Gasteiger partial charge in [0.15, 0.2) is 0 Å². The van der Waals surface area contributed by atoms with Crippen molar-refractivity contribution in [2.75, 3.05) is 44.3 Å². The van der Waals surface area contributed by atoms with Crippen LogP contribution in [0.1, 0.15) is 13.8 Å². The highest BCUT2D eigenvalue weighted by atomic mass is 32.2. The molecule has 2 aliphatic heterocycles. The lowest BCUT2D eigenvalue weighted by atomic mass is 10.0. The average Bonchev–Trinajstić information content (AvgIpc) is 2.79. The number of halogens is 3. The van der Waals surface area contributed by atoms with Crippen LogP contribution in [0.25, 0.3) is 0 Å². The third kappa shape index (κ3) is 4.44. The molecule has 3 amide bonds. The molecule has 0 atom stereocenters. The summed E-state index contributed by atoms with van der Waals surface area (Å²) in [6.07, 6.45) is 0. The summed E-state index contributed by atoms with van der Waals surface area (Å²) in [7, 11) is 0. The number of carbonyl (C=O) groups is 2.